The smallest absolute Gasteiger partial charge is 0.122 e. The van der Waals surface area contributed by atoms with Gasteiger partial charge in [0.25, 0.3) is 0 Å². The van der Waals surface area contributed by atoms with Crippen molar-refractivity contribution >= 4 is 0 Å². The molecule has 0 saturated heterocycles. The number of aliphatic hydroxyl groups is 1. The average Bonchev–Trinajstić information content (AvgIpc) is 2.89. The van der Waals surface area contributed by atoms with Gasteiger partial charge in [-0.3, -0.25) is 0 Å². The minimum atomic E-state index is -0.541. The van der Waals surface area contributed by atoms with E-state index in [4.69, 9.17) is 4.74 Å². The number of hydrogen-bond acceptors (Lipinski definition) is 2. The molecule has 0 aromatic heterocycles. The molecule has 1 N–H and O–H groups in total. The Hall–Kier alpha value is -1.02. The maximum Gasteiger partial charge on any atom is 0.122 e. The van der Waals surface area contributed by atoms with E-state index in [0.29, 0.717) is 0 Å². The third-order valence-corrected chi connectivity index (χ3v) is 3.18. The quantitative estimate of drug-likeness (QED) is 0.779. The molecule has 0 heterocycles. The van der Waals surface area contributed by atoms with Gasteiger partial charge in [0.2, 0.25) is 0 Å². The molecule has 1 aliphatic carbocycles. The maximum atomic E-state index is 10.0. The van der Waals surface area contributed by atoms with Crippen LogP contribution in [0.2, 0.25) is 0 Å². The van der Waals surface area contributed by atoms with Crippen LogP contribution in [0.4, 0.5) is 0 Å². The third kappa shape index (κ3) is 1.30. The molecule has 2 nitrogen and oxygen atoms in total. The number of hydrogen-bond donors (Lipinski definition) is 1. The number of rotatable bonds is 2. The Kier molecular flexibility index (Phi) is 2.04. The Balaban J connectivity index is 2.49. The number of ether oxygens (including phenoxy) is 1. The van der Waals surface area contributed by atoms with E-state index >= 15 is 0 Å². The number of methoxy groups -OCH3 is 1. The summed E-state index contributed by atoms with van der Waals surface area (Å²) in [7, 11) is 1.67. The second kappa shape index (κ2) is 2.99. The molecular weight excluding hydrogens is 176 g/mol. The zero-order chi connectivity index (χ0) is 10.3. The predicted molar refractivity (Wildman–Crippen MR) is 55.6 cm³/mol. The predicted octanol–water partition coefficient (Wildman–Crippen LogP) is 2.29. The second-order valence-electron chi connectivity index (χ2n) is 4.10. The Morgan fingerprint density at radius 3 is 2.36 bits per heavy atom. The van der Waals surface area contributed by atoms with Crippen LogP contribution in [0.3, 0.4) is 0 Å². The maximum absolute atomic E-state index is 10.0. The van der Waals surface area contributed by atoms with Crippen molar-refractivity contribution in [1.29, 1.82) is 0 Å². The summed E-state index contributed by atoms with van der Waals surface area (Å²) in [5.41, 5.74) is 2.81. The zero-order valence-corrected chi connectivity index (χ0v) is 8.92. The Labute approximate surface area is 84.5 Å². The highest BCUT2D eigenvalue weighted by Crippen LogP contribution is 2.47. The summed E-state index contributed by atoms with van der Waals surface area (Å²) in [4.78, 5) is 0. The Bertz CT molecular complexity index is 365. The summed E-state index contributed by atoms with van der Waals surface area (Å²) in [5.74, 6) is 0.899. The van der Waals surface area contributed by atoms with Gasteiger partial charge in [0.15, 0.2) is 0 Å². The van der Waals surface area contributed by atoms with Crippen LogP contribution in [-0.4, -0.2) is 12.2 Å². The van der Waals surface area contributed by atoms with Crippen LogP contribution in [0.5, 0.6) is 5.75 Å². The highest BCUT2D eigenvalue weighted by molar-refractivity contribution is 5.47. The topological polar surface area (TPSA) is 29.5 Å². The van der Waals surface area contributed by atoms with E-state index in [1.54, 1.807) is 7.11 Å². The molecule has 0 atom stereocenters. The highest BCUT2D eigenvalue weighted by Gasteiger charge is 2.43. The molecule has 0 radical (unpaired) electrons. The van der Waals surface area contributed by atoms with E-state index in [9.17, 15) is 5.11 Å². The first-order chi connectivity index (χ1) is 6.58. The SMILES string of the molecule is COc1ccc(C2(O)CC2)c(C)c1C. The van der Waals surface area contributed by atoms with Crippen molar-refractivity contribution in [1.82, 2.24) is 0 Å². The zero-order valence-electron chi connectivity index (χ0n) is 8.92. The average molecular weight is 192 g/mol. The standard InChI is InChI=1S/C12H16O2/c1-8-9(2)11(14-3)5-4-10(8)12(13)6-7-12/h4-5,13H,6-7H2,1-3H3. The lowest BCUT2D eigenvalue weighted by Crippen LogP contribution is -2.08. The summed E-state index contributed by atoms with van der Waals surface area (Å²) >= 11 is 0. The van der Waals surface area contributed by atoms with Gasteiger partial charge in [0.05, 0.1) is 12.7 Å². The van der Waals surface area contributed by atoms with Gasteiger partial charge in [-0.15, -0.1) is 0 Å². The molecule has 1 aromatic rings. The molecule has 1 aromatic carbocycles. The van der Waals surface area contributed by atoms with Gasteiger partial charge >= 0.3 is 0 Å². The Morgan fingerprint density at radius 1 is 1.21 bits per heavy atom. The summed E-state index contributed by atoms with van der Waals surface area (Å²) < 4.78 is 5.23. The van der Waals surface area contributed by atoms with E-state index in [0.717, 1.165) is 35.3 Å². The molecule has 2 rings (SSSR count). The van der Waals surface area contributed by atoms with Crippen molar-refractivity contribution in [2.75, 3.05) is 7.11 Å². The van der Waals surface area contributed by atoms with Crippen molar-refractivity contribution < 1.29 is 9.84 Å². The molecule has 1 fully saturated rings. The lowest BCUT2D eigenvalue weighted by Gasteiger charge is -2.16. The molecule has 76 valence electrons. The summed E-state index contributed by atoms with van der Waals surface area (Å²) in [6.45, 7) is 4.08. The summed E-state index contributed by atoms with van der Waals surface area (Å²) in [5, 5.41) is 10.0. The largest absolute Gasteiger partial charge is 0.496 e. The highest BCUT2D eigenvalue weighted by atomic mass is 16.5. The van der Waals surface area contributed by atoms with Crippen LogP contribution in [0.15, 0.2) is 12.1 Å². The lowest BCUT2D eigenvalue weighted by molar-refractivity contribution is 0.150. The number of benzene rings is 1. The molecule has 0 amide bonds. The normalized spacial score (nSPS) is 18.0. The molecule has 0 unspecified atom stereocenters. The minimum absolute atomic E-state index is 0.541. The van der Waals surface area contributed by atoms with Crippen LogP contribution in [0.25, 0.3) is 0 Å². The van der Waals surface area contributed by atoms with Gasteiger partial charge in [0, 0.05) is 0 Å². The lowest BCUT2D eigenvalue weighted by atomic mass is 9.97. The summed E-state index contributed by atoms with van der Waals surface area (Å²) in [6, 6.07) is 3.92. The fourth-order valence-electron chi connectivity index (χ4n) is 1.91. The molecule has 0 bridgehead atoms. The van der Waals surface area contributed by atoms with Crippen molar-refractivity contribution in [3.63, 3.8) is 0 Å². The Morgan fingerprint density at radius 2 is 1.86 bits per heavy atom. The van der Waals surface area contributed by atoms with Gasteiger partial charge in [-0.25, -0.2) is 0 Å². The van der Waals surface area contributed by atoms with Gasteiger partial charge in [0.1, 0.15) is 5.75 Å². The third-order valence-electron chi connectivity index (χ3n) is 3.18. The van der Waals surface area contributed by atoms with Crippen molar-refractivity contribution in [3.05, 3.63) is 28.8 Å². The monoisotopic (exact) mass is 192 g/mol. The molecule has 14 heavy (non-hydrogen) atoms. The van der Waals surface area contributed by atoms with E-state index in [1.165, 1.54) is 0 Å². The van der Waals surface area contributed by atoms with Crippen molar-refractivity contribution in [3.8, 4) is 5.75 Å². The van der Waals surface area contributed by atoms with Crippen LogP contribution in [-0.2, 0) is 5.60 Å². The molecular formula is C12H16O2. The van der Waals surface area contributed by atoms with Gasteiger partial charge in [-0.05, 0) is 49.4 Å². The second-order valence-corrected chi connectivity index (χ2v) is 4.10. The van der Waals surface area contributed by atoms with Crippen LogP contribution >= 0.6 is 0 Å². The van der Waals surface area contributed by atoms with Crippen LogP contribution < -0.4 is 4.74 Å². The first-order valence-electron chi connectivity index (χ1n) is 4.95. The molecule has 0 spiro atoms. The van der Waals surface area contributed by atoms with Crippen LogP contribution in [0.1, 0.15) is 29.5 Å². The van der Waals surface area contributed by atoms with Crippen LogP contribution in [0, 0.1) is 13.8 Å². The van der Waals surface area contributed by atoms with E-state index in [1.807, 2.05) is 26.0 Å². The molecule has 1 aliphatic rings. The van der Waals surface area contributed by atoms with Crippen molar-refractivity contribution in [2.45, 2.75) is 32.3 Å². The summed E-state index contributed by atoms with van der Waals surface area (Å²) in [6.07, 6.45) is 1.78. The van der Waals surface area contributed by atoms with Gasteiger partial charge < -0.3 is 9.84 Å². The molecule has 0 aliphatic heterocycles. The van der Waals surface area contributed by atoms with E-state index < -0.39 is 5.60 Å². The van der Waals surface area contributed by atoms with Gasteiger partial charge in [-0.1, -0.05) is 6.07 Å². The first kappa shape index (κ1) is 9.53. The van der Waals surface area contributed by atoms with Crippen molar-refractivity contribution in [2.24, 2.45) is 0 Å². The van der Waals surface area contributed by atoms with E-state index in [2.05, 4.69) is 0 Å². The van der Waals surface area contributed by atoms with E-state index in [-0.39, 0.29) is 0 Å². The van der Waals surface area contributed by atoms with Gasteiger partial charge in [-0.2, -0.15) is 0 Å². The minimum Gasteiger partial charge on any atom is -0.496 e. The first-order valence-corrected chi connectivity index (χ1v) is 4.95. The molecule has 2 heteroatoms. The molecule has 1 saturated carbocycles. The fraction of sp³-hybridized carbons (Fsp3) is 0.500. The fourth-order valence-corrected chi connectivity index (χ4v) is 1.91.